The fourth-order valence-corrected chi connectivity index (χ4v) is 2.06. The Kier molecular flexibility index (Phi) is 2.90. The molecule has 2 N–H and O–H groups in total. The number of piperidine rings is 1. The first-order chi connectivity index (χ1) is 7.85. The largest absolute Gasteiger partial charge is 0.401 e. The van der Waals surface area contributed by atoms with Crippen molar-refractivity contribution in [3.63, 3.8) is 0 Å². The summed E-state index contributed by atoms with van der Waals surface area (Å²) in [5.41, 5.74) is 0.356. The van der Waals surface area contributed by atoms with Crippen LogP contribution < -0.4 is 5.32 Å². The number of likely N-dealkylation sites (tertiary alicyclic amines) is 1. The fourth-order valence-electron chi connectivity index (χ4n) is 2.06. The van der Waals surface area contributed by atoms with Crippen LogP contribution in [0.25, 0.3) is 0 Å². The summed E-state index contributed by atoms with van der Waals surface area (Å²) in [5, 5.41) is 9.49. The van der Waals surface area contributed by atoms with Gasteiger partial charge >= 0.3 is 6.18 Å². The lowest BCUT2D eigenvalue weighted by molar-refractivity contribution is -0.145. The van der Waals surface area contributed by atoms with Gasteiger partial charge in [0, 0.05) is 18.8 Å². The molecule has 2 aliphatic rings. The summed E-state index contributed by atoms with van der Waals surface area (Å²) in [6.07, 6.45) is -3.94. The summed E-state index contributed by atoms with van der Waals surface area (Å²) < 4.78 is 36.6. The second kappa shape index (κ2) is 4.10. The molecule has 1 fully saturated rings. The third-order valence-electron chi connectivity index (χ3n) is 2.74. The van der Waals surface area contributed by atoms with Gasteiger partial charge in [0.05, 0.1) is 12.5 Å². The summed E-state index contributed by atoms with van der Waals surface area (Å²) >= 11 is 0. The summed E-state index contributed by atoms with van der Waals surface area (Å²) in [4.78, 5) is 16.4. The zero-order valence-electron chi connectivity index (χ0n) is 8.84. The average molecular weight is 248 g/mol. The first kappa shape index (κ1) is 12.0. The number of hydrogen-bond donors (Lipinski definition) is 2. The van der Waals surface area contributed by atoms with Gasteiger partial charge in [-0.3, -0.25) is 20.4 Å². The van der Waals surface area contributed by atoms with Crippen molar-refractivity contribution >= 4 is 17.6 Å². The van der Waals surface area contributed by atoms with E-state index in [0.717, 1.165) is 0 Å². The molecule has 1 unspecified atom stereocenters. The Morgan fingerprint density at radius 1 is 1.53 bits per heavy atom. The van der Waals surface area contributed by atoms with Gasteiger partial charge in [0.25, 0.3) is 0 Å². The molecule has 94 valence electrons. The fraction of sp³-hybridized carbons (Fsp3) is 0.667. The number of nitrogens with one attached hydrogen (secondary N) is 2. The standard InChI is InChI=1S/C9H11F3N4O/c10-9(11,12)4-16-2-1-5-6(3-16)14-8(13)15-7(5)17/h5H,1-4H2,(H2,13,15,17). The molecule has 0 spiro atoms. The molecular formula is C9H11F3N4O. The highest BCUT2D eigenvalue weighted by Crippen LogP contribution is 2.22. The van der Waals surface area contributed by atoms with Crippen molar-refractivity contribution < 1.29 is 18.0 Å². The number of fused-ring (bicyclic) bond motifs is 1. The van der Waals surface area contributed by atoms with Crippen molar-refractivity contribution in [2.75, 3.05) is 19.6 Å². The Labute approximate surface area is 95.2 Å². The zero-order chi connectivity index (χ0) is 12.6. The van der Waals surface area contributed by atoms with Crippen LogP contribution >= 0.6 is 0 Å². The van der Waals surface area contributed by atoms with Crippen LogP contribution in [0.15, 0.2) is 4.99 Å². The maximum Gasteiger partial charge on any atom is 0.401 e. The molecule has 0 aromatic heterocycles. The highest BCUT2D eigenvalue weighted by atomic mass is 19.4. The SMILES string of the molecule is N=C1N=C2CN(CC(F)(F)F)CCC2C(=O)N1. The monoisotopic (exact) mass is 248 g/mol. The van der Waals surface area contributed by atoms with Crippen molar-refractivity contribution in [1.82, 2.24) is 10.2 Å². The number of carbonyl (C=O) groups excluding carboxylic acids is 1. The van der Waals surface area contributed by atoms with E-state index in [1.165, 1.54) is 4.90 Å². The molecule has 1 atom stereocenters. The van der Waals surface area contributed by atoms with E-state index in [0.29, 0.717) is 12.1 Å². The van der Waals surface area contributed by atoms with E-state index in [2.05, 4.69) is 10.3 Å². The molecule has 0 radical (unpaired) electrons. The maximum absolute atomic E-state index is 12.2. The van der Waals surface area contributed by atoms with Crippen molar-refractivity contribution in [3.8, 4) is 0 Å². The molecule has 0 bridgehead atoms. The number of halogens is 3. The number of rotatable bonds is 1. The van der Waals surface area contributed by atoms with Gasteiger partial charge in [0.2, 0.25) is 11.9 Å². The highest BCUT2D eigenvalue weighted by Gasteiger charge is 2.38. The van der Waals surface area contributed by atoms with Crippen LogP contribution in [0.3, 0.4) is 0 Å². The molecule has 17 heavy (non-hydrogen) atoms. The van der Waals surface area contributed by atoms with Gasteiger partial charge in [-0.2, -0.15) is 13.2 Å². The van der Waals surface area contributed by atoms with Gasteiger partial charge < -0.3 is 0 Å². The Morgan fingerprint density at radius 2 is 2.24 bits per heavy atom. The number of hydrogen-bond acceptors (Lipinski definition) is 3. The molecule has 0 saturated carbocycles. The Balaban J connectivity index is 2.08. The van der Waals surface area contributed by atoms with Crippen LogP contribution in [-0.4, -0.2) is 48.3 Å². The van der Waals surface area contributed by atoms with E-state index in [1.807, 2.05) is 0 Å². The smallest absolute Gasteiger partial charge is 0.294 e. The van der Waals surface area contributed by atoms with Gasteiger partial charge in [-0.25, -0.2) is 4.99 Å². The van der Waals surface area contributed by atoms with Gasteiger partial charge in [0.1, 0.15) is 0 Å². The molecule has 0 aromatic rings. The molecule has 2 heterocycles. The summed E-state index contributed by atoms with van der Waals surface area (Å²) in [6.45, 7) is -0.794. The molecule has 0 aromatic carbocycles. The van der Waals surface area contributed by atoms with Crippen molar-refractivity contribution in [2.24, 2.45) is 10.9 Å². The van der Waals surface area contributed by atoms with Gasteiger partial charge in [-0.1, -0.05) is 0 Å². The molecule has 8 heteroatoms. The third kappa shape index (κ3) is 2.82. The molecular weight excluding hydrogens is 237 g/mol. The van der Waals surface area contributed by atoms with E-state index in [-0.39, 0.29) is 25.0 Å². The second-order valence-corrected chi connectivity index (χ2v) is 4.11. The second-order valence-electron chi connectivity index (χ2n) is 4.11. The van der Waals surface area contributed by atoms with Gasteiger partial charge in [-0.15, -0.1) is 0 Å². The molecule has 1 saturated heterocycles. The number of carbonyl (C=O) groups is 1. The van der Waals surface area contributed by atoms with Gasteiger partial charge in [-0.05, 0) is 6.42 Å². The first-order valence-corrected chi connectivity index (χ1v) is 5.11. The summed E-state index contributed by atoms with van der Waals surface area (Å²) in [5.74, 6) is -1.12. The van der Waals surface area contributed by atoms with Crippen LogP contribution in [0, 0.1) is 11.3 Å². The van der Waals surface area contributed by atoms with Crippen LogP contribution in [0.2, 0.25) is 0 Å². The topological polar surface area (TPSA) is 68.5 Å². The highest BCUT2D eigenvalue weighted by molar-refractivity contribution is 6.17. The van der Waals surface area contributed by atoms with E-state index >= 15 is 0 Å². The molecule has 2 aliphatic heterocycles. The van der Waals surface area contributed by atoms with E-state index in [9.17, 15) is 18.0 Å². The van der Waals surface area contributed by atoms with E-state index < -0.39 is 18.6 Å². The van der Waals surface area contributed by atoms with Crippen LogP contribution in [0.5, 0.6) is 0 Å². The third-order valence-corrected chi connectivity index (χ3v) is 2.74. The summed E-state index contributed by atoms with van der Waals surface area (Å²) in [7, 11) is 0. The predicted molar refractivity (Wildman–Crippen MR) is 53.9 cm³/mol. The van der Waals surface area contributed by atoms with Crippen LogP contribution in [0.1, 0.15) is 6.42 Å². The van der Waals surface area contributed by atoms with Crippen molar-refractivity contribution in [1.29, 1.82) is 5.41 Å². The zero-order valence-corrected chi connectivity index (χ0v) is 8.84. The van der Waals surface area contributed by atoms with Crippen molar-refractivity contribution in [3.05, 3.63) is 0 Å². The Bertz CT molecular complexity index is 390. The molecule has 1 amide bonds. The molecule has 5 nitrogen and oxygen atoms in total. The number of guanidine groups is 1. The number of nitrogens with zero attached hydrogens (tertiary/aromatic N) is 2. The minimum Gasteiger partial charge on any atom is -0.294 e. The van der Waals surface area contributed by atoms with Gasteiger partial charge in [0.15, 0.2) is 0 Å². The quantitative estimate of drug-likeness (QED) is 0.704. The Morgan fingerprint density at radius 3 is 2.88 bits per heavy atom. The first-order valence-electron chi connectivity index (χ1n) is 5.11. The number of aliphatic imine (C=N–C) groups is 1. The number of alkyl halides is 3. The maximum atomic E-state index is 12.2. The van der Waals surface area contributed by atoms with Crippen LogP contribution in [0.4, 0.5) is 13.2 Å². The minimum absolute atomic E-state index is 0.0000231. The minimum atomic E-state index is -4.25. The normalized spacial score (nSPS) is 26.3. The molecule has 2 rings (SSSR count). The van der Waals surface area contributed by atoms with E-state index in [4.69, 9.17) is 5.41 Å². The predicted octanol–water partition coefficient (Wildman–Crippen LogP) is 0.376. The molecule has 0 aliphatic carbocycles. The lowest BCUT2D eigenvalue weighted by atomic mass is 9.92. The van der Waals surface area contributed by atoms with Crippen molar-refractivity contribution in [2.45, 2.75) is 12.6 Å². The number of amides is 1. The lowest BCUT2D eigenvalue weighted by Gasteiger charge is -2.34. The van der Waals surface area contributed by atoms with E-state index in [1.54, 1.807) is 0 Å². The lowest BCUT2D eigenvalue weighted by Crippen LogP contribution is -2.53. The average Bonchev–Trinajstić information content (AvgIpc) is 2.13. The Hall–Kier alpha value is -1.44. The van der Waals surface area contributed by atoms with Crippen LogP contribution in [-0.2, 0) is 4.79 Å². The summed E-state index contributed by atoms with van der Waals surface area (Å²) in [6, 6.07) is 0.